The molecule has 2 atom stereocenters. The molecule has 0 unspecified atom stereocenters. The minimum atomic E-state index is -0.505. The Kier molecular flexibility index (Phi) is 3.24. The maximum atomic E-state index is 12.1. The number of β-lactam (4-membered cyclic amide) rings is 1. The average molecular weight is 287 g/mol. The van der Waals surface area contributed by atoms with Crippen molar-refractivity contribution in [1.29, 1.82) is 0 Å². The molecule has 1 saturated heterocycles. The molecule has 0 spiro atoms. The number of nitrogens with zero attached hydrogens (tertiary/aromatic N) is 1. The third-order valence-corrected chi connectivity index (χ3v) is 3.88. The van der Waals surface area contributed by atoms with Gasteiger partial charge in [0, 0.05) is 10.7 Å². The number of halogens is 1. The van der Waals surface area contributed by atoms with E-state index in [4.69, 9.17) is 17.3 Å². The summed E-state index contributed by atoms with van der Waals surface area (Å²) in [5, 5.41) is 0.651. The van der Waals surface area contributed by atoms with E-state index in [2.05, 4.69) is 0 Å². The zero-order valence-electron chi connectivity index (χ0n) is 11.1. The van der Waals surface area contributed by atoms with Gasteiger partial charge in [-0.05, 0) is 36.8 Å². The Morgan fingerprint density at radius 1 is 1.15 bits per heavy atom. The van der Waals surface area contributed by atoms with E-state index < -0.39 is 6.04 Å². The summed E-state index contributed by atoms with van der Waals surface area (Å²) in [7, 11) is 0. The summed E-state index contributed by atoms with van der Waals surface area (Å²) < 4.78 is 0. The number of hydrogen-bond donors (Lipinski definition) is 1. The molecule has 0 saturated carbocycles. The topological polar surface area (TPSA) is 46.3 Å². The molecule has 1 heterocycles. The van der Waals surface area contributed by atoms with Gasteiger partial charge in [0.15, 0.2) is 0 Å². The minimum absolute atomic E-state index is 0.0566. The molecular weight excluding hydrogens is 272 g/mol. The van der Waals surface area contributed by atoms with E-state index in [1.165, 1.54) is 0 Å². The maximum absolute atomic E-state index is 12.1. The fourth-order valence-corrected chi connectivity index (χ4v) is 2.75. The van der Waals surface area contributed by atoms with E-state index >= 15 is 0 Å². The lowest BCUT2D eigenvalue weighted by molar-refractivity contribution is -0.126. The van der Waals surface area contributed by atoms with E-state index in [1.54, 1.807) is 4.90 Å². The van der Waals surface area contributed by atoms with Crippen molar-refractivity contribution in [3.05, 3.63) is 64.7 Å². The Balaban J connectivity index is 1.97. The summed E-state index contributed by atoms with van der Waals surface area (Å²) >= 11 is 6.02. The van der Waals surface area contributed by atoms with Crippen molar-refractivity contribution >= 4 is 23.2 Å². The molecule has 1 fully saturated rings. The summed E-state index contributed by atoms with van der Waals surface area (Å²) in [5.41, 5.74) is 8.96. The molecule has 4 heteroatoms. The number of aryl methyl sites for hydroxylation is 1. The van der Waals surface area contributed by atoms with E-state index in [0.717, 1.165) is 16.8 Å². The summed E-state index contributed by atoms with van der Waals surface area (Å²) in [6, 6.07) is 14.7. The maximum Gasteiger partial charge on any atom is 0.247 e. The van der Waals surface area contributed by atoms with Crippen LogP contribution >= 0.6 is 11.6 Å². The van der Waals surface area contributed by atoms with Crippen LogP contribution in [0.1, 0.15) is 17.2 Å². The van der Waals surface area contributed by atoms with Crippen molar-refractivity contribution in [1.82, 2.24) is 0 Å². The van der Waals surface area contributed by atoms with Crippen LogP contribution in [-0.2, 0) is 4.79 Å². The SMILES string of the molecule is Cc1ccc(N2C(=O)[C@H](N)[C@H]2c2cccc(Cl)c2)cc1. The number of carbonyl (C=O) groups is 1. The van der Waals surface area contributed by atoms with Gasteiger partial charge < -0.3 is 10.6 Å². The normalized spacial score (nSPS) is 21.8. The van der Waals surface area contributed by atoms with Gasteiger partial charge in [-0.15, -0.1) is 0 Å². The predicted octanol–water partition coefficient (Wildman–Crippen LogP) is 3.06. The highest BCUT2D eigenvalue weighted by Crippen LogP contribution is 2.38. The van der Waals surface area contributed by atoms with Crippen molar-refractivity contribution in [3.63, 3.8) is 0 Å². The predicted molar refractivity (Wildman–Crippen MR) is 80.8 cm³/mol. The van der Waals surface area contributed by atoms with Gasteiger partial charge in [-0.2, -0.15) is 0 Å². The smallest absolute Gasteiger partial charge is 0.247 e. The summed E-state index contributed by atoms with van der Waals surface area (Å²) in [5.74, 6) is -0.0566. The van der Waals surface area contributed by atoms with Crippen LogP contribution in [0.4, 0.5) is 5.69 Å². The first-order valence-electron chi connectivity index (χ1n) is 6.49. The number of hydrogen-bond acceptors (Lipinski definition) is 2. The van der Waals surface area contributed by atoms with Gasteiger partial charge in [0.05, 0.1) is 6.04 Å². The first-order valence-corrected chi connectivity index (χ1v) is 6.86. The highest BCUT2D eigenvalue weighted by molar-refractivity contribution is 6.30. The molecule has 3 nitrogen and oxygen atoms in total. The number of nitrogens with two attached hydrogens (primary N) is 1. The standard InChI is InChI=1S/C16H15ClN2O/c1-10-5-7-13(8-6-10)19-15(14(18)16(19)20)11-3-2-4-12(17)9-11/h2-9,14-15H,18H2,1H3/t14-,15-/m1/s1. The van der Waals surface area contributed by atoms with Crippen molar-refractivity contribution in [3.8, 4) is 0 Å². The number of carbonyl (C=O) groups excluding carboxylic acids is 1. The zero-order chi connectivity index (χ0) is 14.3. The Hall–Kier alpha value is -1.84. The molecule has 3 rings (SSSR count). The zero-order valence-corrected chi connectivity index (χ0v) is 11.8. The molecule has 0 aromatic heterocycles. The summed E-state index contributed by atoms with van der Waals surface area (Å²) in [4.78, 5) is 13.8. The van der Waals surface area contributed by atoms with Crippen LogP contribution in [0.15, 0.2) is 48.5 Å². The third kappa shape index (κ3) is 2.09. The van der Waals surface area contributed by atoms with E-state index in [-0.39, 0.29) is 11.9 Å². The lowest BCUT2D eigenvalue weighted by Gasteiger charge is -2.45. The van der Waals surface area contributed by atoms with Crippen molar-refractivity contribution in [2.75, 3.05) is 4.90 Å². The number of benzene rings is 2. The Bertz CT molecular complexity index is 654. The van der Waals surface area contributed by atoms with Crippen LogP contribution < -0.4 is 10.6 Å². The van der Waals surface area contributed by atoms with Gasteiger partial charge in [-0.3, -0.25) is 4.79 Å². The molecule has 1 aliphatic heterocycles. The van der Waals surface area contributed by atoms with E-state index in [9.17, 15) is 4.79 Å². The highest BCUT2D eigenvalue weighted by atomic mass is 35.5. The van der Waals surface area contributed by atoms with Gasteiger partial charge in [0.2, 0.25) is 5.91 Å². The van der Waals surface area contributed by atoms with Crippen LogP contribution in [0.5, 0.6) is 0 Å². The van der Waals surface area contributed by atoms with Gasteiger partial charge in [-0.25, -0.2) is 0 Å². The molecule has 2 aromatic carbocycles. The van der Waals surface area contributed by atoms with Gasteiger partial charge in [-0.1, -0.05) is 41.4 Å². The second-order valence-electron chi connectivity index (χ2n) is 5.07. The lowest BCUT2D eigenvalue weighted by atomic mass is 9.88. The van der Waals surface area contributed by atoms with Gasteiger partial charge in [0.25, 0.3) is 0 Å². The van der Waals surface area contributed by atoms with Crippen LogP contribution in [0.2, 0.25) is 5.02 Å². The lowest BCUT2D eigenvalue weighted by Crippen LogP contribution is -2.63. The fraction of sp³-hybridized carbons (Fsp3) is 0.188. The van der Waals surface area contributed by atoms with Gasteiger partial charge in [0.1, 0.15) is 6.04 Å². The highest BCUT2D eigenvalue weighted by Gasteiger charge is 2.46. The van der Waals surface area contributed by atoms with Crippen molar-refractivity contribution in [2.24, 2.45) is 5.73 Å². The largest absolute Gasteiger partial charge is 0.318 e. The molecule has 0 aliphatic carbocycles. The molecule has 102 valence electrons. The molecule has 2 aromatic rings. The fourth-order valence-electron chi connectivity index (χ4n) is 2.55. The first kappa shape index (κ1) is 13.2. The van der Waals surface area contributed by atoms with Gasteiger partial charge >= 0.3 is 0 Å². The Morgan fingerprint density at radius 2 is 1.85 bits per heavy atom. The van der Waals surface area contributed by atoms with Crippen LogP contribution in [0.25, 0.3) is 0 Å². The van der Waals surface area contributed by atoms with Crippen LogP contribution in [-0.4, -0.2) is 11.9 Å². The minimum Gasteiger partial charge on any atom is -0.318 e. The van der Waals surface area contributed by atoms with Crippen LogP contribution in [0.3, 0.4) is 0 Å². The molecule has 2 N–H and O–H groups in total. The van der Waals surface area contributed by atoms with Crippen LogP contribution in [0, 0.1) is 6.92 Å². The Morgan fingerprint density at radius 3 is 2.50 bits per heavy atom. The number of rotatable bonds is 2. The average Bonchev–Trinajstić information content (AvgIpc) is 2.45. The van der Waals surface area contributed by atoms with E-state index in [1.807, 2.05) is 55.5 Å². The molecule has 0 bridgehead atoms. The quantitative estimate of drug-likeness (QED) is 0.863. The Labute approximate surface area is 123 Å². The molecule has 0 radical (unpaired) electrons. The molecule has 1 aliphatic rings. The molecular formula is C16H15ClN2O. The number of anilines is 1. The second kappa shape index (κ2) is 4.93. The van der Waals surface area contributed by atoms with Crippen molar-refractivity contribution < 1.29 is 4.79 Å². The summed E-state index contributed by atoms with van der Waals surface area (Å²) in [6.07, 6.45) is 0. The third-order valence-electron chi connectivity index (χ3n) is 3.64. The van der Waals surface area contributed by atoms with E-state index in [0.29, 0.717) is 5.02 Å². The monoisotopic (exact) mass is 286 g/mol. The first-order chi connectivity index (χ1) is 9.58. The van der Waals surface area contributed by atoms with Crippen molar-refractivity contribution in [2.45, 2.75) is 19.0 Å². The second-order valence-corrected chi connectivity index (χ2v) is 5.51. The molecule has 20 heavy (non-hydrogen) atoms. The number of amides is 1. The molecule has 1 amide bonds. The summed E-state index contributed by atoms with van der Waals surface area (Å²) in [6.45, 7) is 2.02.